The lowest BCUT2D eigenvalue weighted by Gasteiger charge is -2.08. The predicted octanol–water partition coefficient (Wildman–Crippen LogP) is 3.55. The van der Waals surface area contributed by atoms with E-state index in [4.69, 9.17) is 0 Å². The summed E-state index contributed by atoms with van der Waals surface area (Å²) >= 11 is 0. The Balaban J connectivity index is 1.51. The highest BCUT2D eigenvalue weighted by Gasteiger charge is 2.15. The fraction of sp³-hybridized carbons (Fsp3) is 0.190. The number of amides is 1. The first kappa shape index (κ1) is 20.5. The Morgan fingerprint density at radius 1 is 0.966 bits per heavy atom. The standard InChI is InChI=1S/C21H22N4O3S/c1-16-6-8-17(9-7-16)4-2-5-20(26)24-18-10-12-19(13-11-18)29(27,28)25-21-22-14-3-15-23-21/h3,6-15H,2,4-5H2,1H3,(H,24,26)(H,22,23,25). The largest absolute Gasteiger partial charge is 0.326 e. The van der Waals surface area contributed by atoms with Crippen LogP contribution in [-0.4, -0.2) is 24.3 Å². The van der Waals surface area contributed by atoms with Crippen molar-refractivity contribution >= 4 is 27.6 Å². The molecule has 0 aliphatic rings. The first-order chi connectivity index (χ1) is 13.9. The number of anilines is 2. The molecule has 1 heterocycles. The third-order valence-electron chi connectivity index (χ3n) is 4.23. The second-order valence-electron chi connectivity index (χ2n) is 6.59. The molecule has 0 spiro atoms. The van der Waals surface area contributed by atoms with Gasteiger partial charge in [0.1, 0.15) is 0 Å². The number of benzene rings is 2. The van der Waals surface area contributed by atoms with E-state index in [9.17, 15) is 13.2 Å². The maximum Gasteiger partial charge on any atom is 0.264 e. The Kier molecular flexibility index (Phi) is 6.56. The smallest absolute Gasteiger partial charge is 0.264 e. The molecule has 0 saturated carbocycles. The van der Waals surface area contributed by atoms with Gasteiger partial charge in [-0.15, -0.1) is 0 Å². The summed E-state index contributed by atoms with van der Waals surface area (Å²) in [6, 6.07) is 15.8. The first-order valence-corrected chi connectivity index (χ1v) is 10.7. The van der Waals surface area contributed by atoms with Crippen molar-refractivity contribution in [1.29, 1.82) is 0 Å². The molecule has 2 aromatic carbocycles. The number of rotatable bonds is 8. The Morgan fingerprint density at radius 3 is 2.28 bits per heavy atom. The molecule has 29 heavy (non-hydrogen) atoms. The molecule has 7 nitrogen and oxygen atoms in total. The minimum atomic E-state index is -3.79. The molecule has 0 fully saturated rings. The van der Waals surface area contributed by atoms with Crippen molar-refractivity contribution in [2.24, 2.45) is 0 Å². The van der Waals surface area contributed by atoms with Crippen LogP contribution in [0.5, 0.6) is 0 Å². The van der Waals surface area contributed by atoms with Crippen molar-refractivity contribution in [3.63, 3.8) is 0 Å². The van der Waals surface area contributed by atoms with E-state index in [1.54, 1.807) is 18.2 Å². The van der Waals surface area contributed by atoms with Gasteiger partial charge in [0.05, 0.1) is 4.90 Å². The molecule has 0 unspecified atom stereocenters. The molecule has 0 aliphatic carbocycles. The van der Waals surface area contributed by atoms with E-state index in [-0.39, 0.29) is 16.8 Å². The van der Waals surface area contributed by atoms with E-state index < -0.39 is 10.0 Å². The van der Waals surface area contributed by atoms with Crippen molar-refractivity contribution in [3.8, 4) is 0 Å². The molecule has 0 aliphatic heterocycles. The van der Waals surface area contributed by atoms with Gasteiger partial charge in [0, 0.05) is 24.5 Å². The highest BCUT2D eigenvalue weighted by molar-refractivity contribution is 7.92. The molecule has 8 heteroatoms. The summed E-state index contributed by atoms with van der Waals surface area (Å²) in [5.41, 5.74) is 2.96. The highest BCUT2D eigenvalue weighted by atomic mass is 32.2. The molecule has 150 valence electrons. The number of hydrogen-bond acceptors (Lipinski definition) is 5. The molecule has 1 aromatic heterocycles. The highest BCUT2D eigenvalue weighted by Crippen LogP contribution is 2.17. The summed E-state index contributed by atoms with van der Waals surface area (Å²) in [5, 5.41) is 2.79. The third-order valence-corrected chi connectivity index (χ3v) is 5.57. The number of sulfonamides is 1. The van der Waals surface area contributed by atoms with Gasteiger partial charge in [-0.05, 0) is 55.7 Å². The predicted molar refractivity (Wildman–Crippen MR) is 112 cm³/mol. The number of nitrogens with zero attached hydrogens (tertiary/aromatic N) is 2. The first-order valence-electron chi connectivity index (χ1n) is 9.18. The second kappa shape index (κ2) is 9.29. The lowest BCUT2D eigenvalue weighted by Crippen LogP contribution is -2.15. The summed E-state index contributed by atoms with van der Waals surface area (Å²) < 4.78 is 27.0. The van der Waals surface area contributed by atoms with Crippen molar-refractivity contribution in [3.05, 3.63) is 78.1 Å². The maximum atomic E-state index is 12.4. The number of nitrogens with one attached hydrogen (secondary N) is 2. The van der Waals surface area contributed by atoms with Crippen molar-refractivity contribution < 1.29 is 13.2 Å². The van der Waals surface area contributed by atoms with Gasteiger partial charge in [0.2, 0.25) is 11.9 Å². The lowest BCUT2D eigenvalue weighted by atomic mass is 10.1. The third kappa shape index (κ3) is 6.11. The molecular weight excluding hydrogens is 388 g/mol. The second-order valence-corrected chi connectivity index (χ2v) is 8.27. The van der Waals surface area contributed by atoms with E-state index in [1.807, 2.05) is 6.92 Å². The topological polar surface area (TPSA) is 101 Å². The van der Waals surface area contributed by atoms with Crippen molar-refractivity contribution in [1.82, 2.24) is 9.97 Å². The van der Waals surface area contributed by atoms with E-state index in [0.717, 1.165) is 12.8 Å². The van der Waals surface area contributed by atoms with E-state index in [0.29, 0.717) is 12.1 Å². The minimum absolute atomic E-state index is 0.00143. The molecule has 1 amide bonds. The maximum absolute atomic E-state index is 12.4. The van der Waals surface area contributed by atoms with Gasteiger partial charge in [-0.3, -0.25) is 4.79 Å². The molecular formula is C21H22N4O3S. The summed E-state index contributed by atoms with van der Waals surface area (Å²) in [7, 11) is -3.79. The Labute approximate surface area is 170 Å². The van der Waals surface area contributed by atoms with Gasteiger partial charge in [0.25, 0.3) is 10.0 Å². The summed E-state index contributed by atoms with van der Waals surface area (Å²) in [5.74, 6) is -0.109. The average Bonchev–Trinajstić information content (AvgIpc) is 2.70. The van der Waals surface area contributed by atoms with Crippen LogP contribution >= 0.6 is 0 Å². The number of aromatic nitrogens is 2. The molecule has 0 bridgehead atoms. The van der Waals surface area contributed by atoms with E-state index >= 15 is 0 Å². The normalized spacial score (nSPS) is 11.1. The molecule has 0 saturated heterocycles. The summed E-state index contributed by atoms with van der Waals surface area (Å²) in [6.45, 7) is 2.04. The zero-order valence-corrected chi connectivity index (χ0v) is 16.8. The fourth-order valence-electron chi connectivity index (χ4n) is 2.68. The molecule has 0 atom stereocenters. The zero-order valence-electron chi connectivity index (χ0n) is 16.0. The van der Waals surface area contributed by atoms with Crippen LogP contribution < -0.4 is 10.0 Å². The van der Waals surface area contributed by atoms with Crippen molar-refractivity contribution in [2.45, 2.75) is 31.1 Å². The van der Waals surface area contributed by atoms with Crippen molar-refractivity contribution in [2.75, 3.05) is 10.0 Å². The van der Waals surface area contributed by atoms with Crippen LogP contribution in [0.15, 0.2) is 71.9 Å². The summed E-state index contributed by atoms with van der Waals surface area (Å²) in [4.78, 5) is 19.9. The molecule has 0 radical (unpaired) electrons. The van der Waals surface area contributed by atoms with Crippen LogP contribution in [0.3, 0.4) is 0 Å². The summed E-state index contributed by atoms with van der Waals surface area (Å²) in [6.07, 6.45) is 4.85. The van der Waals surface area contributed by atoms with Gasteiger partial charge < -0.3 is 5.32 Å². The van der Waals surface area contributed by atoms with Crippen LogP contribution in [0.1, 0.15) is 24.0 Å². The molecule has 2 N–H and O–H groups in total. The van der Waals surface area contributed by atoms with Gasteiger partial charge >= 0.3 is 0 Å². The average molecular weight is 410 g/mol. The van der Waals surface area contributed by atoms with E-state index in [2.05, 4.69) is 44.3 Å². The quantitative estimate of drug-likeness (QED) is 0.591. The van der Waals surface area contributed by atoms with Gasteiger partial charge in [0.15, 0.2) is 0 Å². The van der Waals surface area contributed by atoms with E-state index in [1.165, 1.54) is 35.7 Å². The molecule has 3 aromatic rings. The van der Waals surface area contributed by atoms with Gasteiger partial charge in [-0.2, -0.15) is 0 Å². The van der Waals surface area contributed by atoms with Crippen LogP contribution in [0.4, 0.5) is 11.6 Å². The number of hydrogen-bond donors (Lipinski definition) is 2. The minimum Gasteiger partial charge on any atom is -0.326 e. The number of carbonyl (C=O) groups is 1. The van der Waals surface area contributed by atoms with Crippen LogP contribution in [0.25, 0.3) is 0 Å². The Morgan fingerprint density at radius 2 is 1.62 bits per heavy atom. The SMILES string of the molecule is Cc1ccc(CCCC(=O)Nc2ccc(S(=O)(=O)Nc3ncccn3)cc2)cc1. The lowest BCUT2D eigenvalue weighted by molar-refractivity contribution is -0.116. The van der Waals surface area contributed by atoms with Crippen LogP contribution in [-0.2, 0) is 21.2 Å². The molecule has 3 rings (SSSR count). The van der Waals surface area contributed by atoms with Crippen LogP contribution in [0.2, 0.25) is 0 Å². The fourth-order valence-corrected chi connectivity index (χ4v) is 3.64. The number of aryl methyl sites for hydroxylation is 2. The van der Waals surface area contributed by atoms with Gasteiger partial charge in [-0.1, -0.05) is 29.8 Å². The van der Waals surface area contributed by atoms with Crippen LogP contribution in [0, 0.1) is 6.92 Å². The Bertz CT molecular complexity index is 1050. The number of carbonyl (C=O) groups excluding carboxylic acids is 1. The monoisotopic (exact) mass is 410 g/mol. The van der Waals surface area contributed by atoms with Gasteiger partial charge in [-0.25, -0.2) is 23.1 Å². The zero-order chi connectivity index (χ0) is 20.7. The Hall–Kier alpha value is -3.26.